The van der Waals surface area contributed by atoms with E-state index in [1.165, 1.54) is 11.3 Å². The van der Waals surface area contributed by atoms with Crippen LogP contribution < -0.4 is 10.1 Å². The molecule has 0 saturated heterocycles. The molecule has 1 N–H and O–H groups in total. The molecule has 0 aliphatic rings. The van der Waals surface area contributed by atoms with Crippen molar-refractivity contribution in [2.75, 3.05) is 25.5 Å². The van der Waals surface area contributed by atoms with Crippen LogP contribution in [0.15, 0.2) is 72.1 Å². The number of carbonyl (C=O) groups is 2. The molecule has 0 fully saturated rings. The normalized spacial score (nSPS) is 10.3. The second-order valence-corrected chi connectivity index (χ2v) is 6.81. The fourth-order valence-electron chi connectivity index (χ4n) is 2.49. The summed E-state index contributed by atoms with van der Waals surface area (Å²) in [5.74, 6) is 0.371. The molecular weight excluding hydrogens is 360 g/mol. The van der Waals surface area contributed by atoms with Crippen molar-refractivity contribution in [3.63, 3.8) is 0 Å². The molecule has 2 aromatic carbocycles. The van der Waals surface area contributed by atoms with E-state index in [0.29, 0.717) is 29.3 Å². The number of thiophene rings is 1. The van der Waals surface area contributed by atoms with Gasteiger partial charge in [-0.15, -0.1) is 11.3 Å². The fraction of sp³-hybridized carbons (Fsp3) is 0.143. The van der Waals surface area contributed by atoms with E-state index in [-0.39, 0.29) is 11.8 Å². The lowest BCUT2D eigenvalue weighted by atomic mass is 10.1. The largest absolute Gasteiger partial charge is 0.492 e. The van der Waals surface area contributed by atoms with Gasteiger partial charge in [0.15, 0.2) is 0 Å². The number of nitrogens with one attached hydrogen (secondary N) is 1. The Hall–Kier alpha value is -3.12. The van der Waals surface area contributed by atoms with Crippen LogP contribution in [0.4, 0.5) is 5.69 Å². The van der Waals surface area contributed by atoms with Crippen LogP contribution in [0.2, 0.25) is 0 Å². The van der Waals surface area contributed by atoms with Crippen LogP contribution in [0.3, 0.4) is 0 Å². The van der Waals surface area contributed by atoms with Crippen molar-refractivity contribution in [2.45, 2.75) is 0 Å². The summed E-state index contributed by atoms with van der Waals surface area (Å²) in [6.07, 6.45) is 0. The average Bonchev–Trinajstić information content (AvgIpc) is 3.23. The van der Waals surface area contributed by atoms with Crippen molar-refractivity contribution in [1.82, 2.24) is 4.90 Å². The molecule has 0 unspecified atom stereocenters. The molecule has 1 heterocycles. The van der Waals surface area contributed by atoms with Crippen LogP contribution in [0, 0.1) is 0 Å². The van der Waals surface area contributed by atoms with Crippen molar-refractivity contribution < 1.29 is 14.3 Å². The second kappa shape index (κ2) is 9.00. The van der Waals surface area contributed by atoms with Gasteiger partial charge in [-0.2, -0.15) is 0 Å². The van der Waals surface area contributed by atoms with Crippen LogP contribution in [0.5, 0.6) is 5.75 Å². The SMILES string of the molecule is CN(CCOc1ccccc1)C(=O)c1ccccc1NC(=O)c1cccs1. The molecule has 0 spiro atoms. The third kappa shape index (κ3) is 4.95. The van der Waals surface area contributed by atoms with Gasteiger partial charge >= 0.3 is 0 Å². The van der Waals surface area contributed by atoms with E-state index < -0.39 is 0 Å². The number of hydrogen-bond donors (Lipinski definition) is 1. The van der Waals surface area contributed by atoms with Gasteiger partial charge in [-0.3, -0.25) is 9.59 Å². The number of para-hydroxylation sites is 2. The lowest BCUT2D eigenvalue weighted by Crippen LogP contribution is -2.31. The summed E-state index contributed by atoms with van der Waals surface area (Å²) >= 11 is 1.36. The second-order valence-electron chi connectivity index (χ2n) is 5.87. The standard InChI is InChI=1S/C21H20N2O3S/c1-23(13-14-26-16-8-3-2-4-9-16)21(25)17-10-5-6-11-18(17)22-20(24)19-12-7-15-27-19/h2-12,15H,13-14H2,1H3,(H,22,24). The van der Waals surface area contributed by atoms with Gasteiger partial charge in [-0.25, -0.2) is 0 Å². The predicted molar refractivity (Wildman–Crippen MR) is 108 cm³/mol. The van der Waals surface area contributed by atoms with E-state index in [4.69, 9.17) is 4.74 Å². The van der Waals surface area contributed by atoms with Crippen molar-refractivity contribution in [1.29, 1.82) is 0 Å². The Kier molecular flexibility index (Phi) is 6.22. The molecule has 0 aliphatic heterocycles. The van der Waals surface area contributed by atoms with Gasteiger partial charge in [0.05, 0.1) is 22.7 Å². The average molecular weight is 380 g/mol. The fourth-order valence-corrected chi connectivity index (χ4v) is 3.11. The Balaban J connectivity index is 1.62. The minimum Gasteiger partial charge on any atom is -0.492 e. The van der Waals surface area contributed by atoms with Crippen LogP contribution in [0.1, 0.15) is 20.0 Å². The van der Waals surface area contributed by atoms with Gasteiger partial charge in [0.1, 0.15) is 12.4 Å². The van der Waals surface area contributed by atoms with Gasteiger partial charge < -0.3 is 15.0 Å². The summed E-state index contributed by atoms with van der Waals surface area (Å²) < 4.78 is 5.64. The van der Waals surface area contributed by atoms with E-state index in [2.05, 4.69) is 5.32 Å². The van der Waals surface area contributed by atoms with Crippen LogP contribution in [0.25, 0.3) is 0 Å². The molecule has 5 nitrogen and oxygen atoms in total. The predicted octanol–water partition coefficient (Wildman–Crippen LogP) is 4.15. The molecular formula is C21H20N2O3S. The third-order valence-corrected chi connectivity index (χ3v) is 4.80. The van der Waals surface area contributed by atoms with Crippen LogP contribution >= 0.6 is 11.3 Å². The zero-order chi connectivity index (χ0) is 19.1. The quantitative estimate of drug-likeness (QED) is 0.670. The van der Waals surface area contributed by atoms with E-state index in [1.807, 2.05) is 41.8 Å². The van der Waals surface area contributed by atoms with Gasteiger partial charge in [-0.1, -0.05) is 36.4 Å². The van der Waals surface area contributed by atoms with Gasteiger partial charge in [0.2, 0.25) is 0 Å². The summed E-state index contributed by atoms with van der Waals surface area (Å²) in [6.45, 7) is 0.816. The van der Waals surface area contributed by atoms with Gasteiger partial charge in [0.25, 0.3) is 11.8 Å². The van der Waals surface area contributed by atoms with Crippen molar-refractivity contribution in [2.24, 2.45) is 0 Å². The lowest BCUT2D eigenvalue weighted by molar-refractivity contribution is 0.0775. The number of nitrogens with zero attached hydrogens (tertiary/aromatic N) is 1. The van der Waals surface area contributed by atoms with Crippen molar-refractivity contribution in [3.8, 4) is 5.75 Å². The van der Waals surface area contributed by atoms with Gasteiger partial charge in [-0.05, 0) is 35.7 Å². The molecule has 0 atom stereocenters. The van der Waals surface area contributed by atoms with E-state index in [0.717, 1.165) is 5.75 Å². The molecule has 0 saturated carbocycles. The maximum absolute atomic E-state index is 12.8. The molecule has 27 heavy (non-hydrogen) atoms. The number of rotatable bonds is 7. The Morgan fingerprint density at radius 3 is 2.48 bits per heavy atom. The molecule has 0 aliphatic carbocycles. The van der Waals surface area contributed by atoms with Crippen LogP contribution in [-0.4, -0.2) is 36.9 Å². The Bertz CT molecular complexity index is 895. The maximum Gasteiger partial charge on any atom is 0.265 e. The molecule has 138 valence electrons. The minimum absolute atomic E-state index is 0.172. The first-order valence-corrected chi connectivity index (χ1v) is 9.40. The number of hydrogen-bond acceptors (Lipinski definition) is 4. The first-order valence-electron chi connectivity index (χ1n) is 8.52. The number of ether oxygens (including phenoxy) is 1. The first kappa shape index (κ1) is 18.7. The van der Waals surface area contributed by atoms with E-state index >= 15 is 0 Å². The van der Waals surface area contributed by atoms with Crippen molar-refractivity contribution >= 4 is 28.8 Å². The minimum atomic E-state index is -0.222. The zero-order valence-corrected chi connectivity index (χ0v) is 15.7. The highest BCUT2D eigenvalue weighted by Gasteiger charge is 2.17. The summed E-state index contributed by atoms with van der Waals surface area (Å²) in [5.41, 5.74) is 0.946. The number of likely N-dealkylation sites (N-methyl/N-ethyl adjacent to an activating group) is 1. The number of anilines is 1. The monoisotopic (exact) mass is 380 g/mol. The first-order chi connectivity index (χ1) is 13.1. The zero-order valence-electron chi connectivity index (χ0n) is 14.9. The number of benzene rings is 2. The summed E-state index contributed by atoms with van der Waals surface area (Å²) in [5, 5.41) is 4.66. The highest BCUT2D eigenvalue weighted by Crippen LogP contribution is 2.19. The molecule has 0 bridgehead atoms. The third-order valence-electron chi connectivity index (χ3n) is 3.94. The summed E-state index contributed by atoms with van der Waals surface area (Å²) in [6, 6.07) is 20.0. The number of carbonyl (C=O) groups excluding carboxylic acids is 2. The van der Waals surface area contributed by atoms with E-state index in [1.54, 1.807) is 42.3 Å². The summed E-state index contributed by atoms with van der Waals surface area (Å²) in [7, 11) is 1.72. The molecule has 1 aromatic heterocycles. The smallest absolute Gasteiger partial charge is 0.265 e. The van der Waals surface area contributed by atoms with Gasteiger partial charge in [0, 0.05) is 7.05 Å². The lowest BCUT2D eigenvalue weighted by Gasteiger charge is -2.19. The van der Waals surface area contributed by atoms with Crippen molar-refractivity contribution in [3.05, 3.63) is 82.6 Å². The Labute approximate surface area is 162 Å². The topological polar surface area (TPSA) is 58.6 Å². The summed E-state index contributed by atoms with van der Waals surface area (Å²) in [4.78, 5) is 27.3. The highest BCUT2D eigenvalue weighted by atomic mass is 32.1. The molecule has 0 radical (unpaired) electrons. The number of amides is 2. The highest BCUT2D eigenvalue weighted by molar-refractivity contribution is 7.12. The maximum atomic E-state index is 12.8. The molecule has 6 heteroatoms. The molecule has 3 rings (SSSR count). The molecule has 3 aromatic rings. The van der Waals surface area contributed by atoms with E-state index in [9.17, 15) is 9.59 Å². The Morgan fingerprint density at radius 1 is 1.00 bits per heavy atom. The molecule has 2 amide bonds. The van der Waals surface area contributed by atoms with Crippen LogP contribution in [-0.2, 0) is 0 Å². The Morgan fingerprint density at radius 2 is 1.74 bits per heavy atom.